The van der Waals surface area contributed by atoms with Crippen LogP contribution >= 0.6 is 0 Å². The quantitative estimate of drug-likeness (QED) is 0.266. The first-order valence-corrected chi connectivity index (χ1v) is 18.9. The Morgan fingerprint density at radius 3 is 1.98 bits per heavy atom. The molecule has 0 aromatic rings. The lowest BCUT2D eigenvalue weighted by atomic mass is 9.74. The Morgan fingerprint density at radius 2 is 1.44 bits per heavy atom. The summed E-state index contributed by atoms with van der Waals surface area (Å²) in [4.78, 5) is 30.1. The molecule has 0 amide bonds. The number of likely N-dealkylation sites (N-methyl/N-ethyl adjacent to an activating group) is 1. The van der Waals surface area contributed by atoms with Crippen LogP contribution in [0.5, 0.6) is 0 Å². The fourth-order valence-corrected chi connectivity index (χ4v) is 8.58. The van der Waals surface area contributed by atoms with Crippen molar-refractivity contribution in [1.29, 1.82) is 0 Å². The zero-order valence-corrected chi connectivity index (χ0v) is 33.9. The van der Waals surface area contributed by atoms with Gasteiger partial charge in [-0.25, -0.2) is 0 Å². The Bertz CT molecular complexity index is 1190. The van der Waals surface area contributed by atoms with Gasteiger partial charge >= 0.3 is 5.97 Å². The number of nitrogens with zero attached hydrogens (tertiary/aromatic N) is 1. The van der Waals surface area contributed by atoms with E-state index in [4.69, 9.17) is 33.2 Å². The molecule has 0 radical (unpaired) electrons. The Morgan fingerprint density at radius 1 is 0.846 bits per heavy atom. The summed E-state index contributed by atoms with van der Waals surface area (Å²) in [5.41, 5.74) is -4.24. The topological polar surface area (TPSA) is 183 Å². The third-order valence-corrected chi connectivity index (χ3v) is 12.3. The Labute approximate surface area is 310 Å². The van der Waals surface area contributed by atoms with Crippen molar-refractivity contribution in [3.8, 4) is 0 Å². The molecule has 3 fully saturated rings. The van der Waals surface area contributed by atoms with Gasteiger partial charge in [-0.05, 0) is 74.9 Å². The largest absolute Gasteiger partial charge is 0.459 e. The summed E-state index contributed by atoms with van der Waals surface area (Å²) < 4.78 is 43.9. The molecule has 52 heavy (non-hydrogen) atoms. The first-order valence-electron chi connectivity index (χ1n) is 18.9. The summed E-state index contributed by atoms with van der Waals surface area (Å²) in [6.45, 7) is 17.1. The average molecular weight is 748 g/mol. The average Bonchev–Trinajstić information content (AvgIpc) is 3.09. The highest BCUT2D eigenvalue weighted by Gasteiger charge is 2.54. The minimum atomic E-state index is -1.96. The number of aliphatic hydroxyl groups is 4. The number of ether oxygens (including phenoxy) is 7. The van der Waals surface area contributed by atoms with Crippen LogP contribution in [0.4, 0.5) is 0 Å². The molecule has 3 saturated heterocycles. The van der Waals surface area contributed by atoms with Crippen LogP contribution in [0.1, 0.15) is 94.9 Å². The molecular formula is C38H69NO13. The molecule has 14 heteroatoms. The molecule has 0 aromatic heterocycles. The number of ketones is 1. The van der Waals surface area contributed by atoms with Crippen LogP contribution in [0.15, 0.2) is 0 Å². The lowest BCUT2D eigenvalue weighted by molar-refractivity contribution is -0.319. The van der Waals surface area contributed by atoms with Gasteiger partial charge in [-0.15, -0.1) is 0 Å². The van der Waals surface area contributed by atoms with Gasteiger partial charge in [-0.3, -0.25) is 9.59 Å². The molecule has 14 nitrogen and oxygen atoms in total. The van der Waals surface area contributed by atoms with Gasteiger partial charge in [-0.2, -0.15) is 0 Å². The number of esters is 1. The van der Waals surface area contributed by atoms with Crippen LogP contribution in [0.3, 0.4) is 0 Å². The molecule has 4 N–H and O–H groups in total. The number of carbonyl (C=O) groups excluding carboxylic acids is 2. The van der Waals surface area contributed by atoms with Gasteiger partial charge in [0.05, 0.1) is 47.6 Å². The second-order valence-electron chi connectivity index (χ2n) is 16.6. The molecule has 0 saturated carbocycles. The van der Waals surface area contributed by atoms with Crippen LogP contribution in [-0.2, 0) is 42.7 Å². The zero-order chi connectivity index (χ0) is 39.7. The van der Waals surface area contributed by atoms with Gasteiger partial charge in [0, 0.05) is 44.4 Å². The summed E-state index contributed by atoms with van der Waals surface area (Å²) in [7, 11) is 6.77. The highest BCUT2D eigenvalue weighted by atomic mass is 16.7. The van der Waals surface area contributed by atoms with Gasteiger partial charge in [0.2, 0.25) is 0 Å². The molecule has 3 rings (SSSR count). The lowest BCUT2D eigenvalue weighted by Gasteiger charge is -2.50. The number of cyclic esters (lactones) is 1. The van der Waals surface area contributed by atoms with Crippen molar-refractivity contribution < 1.29 is 63.2 Å². The highest BCUT2D eigenvalue weighted by Crippen LogP contribution is 2.41. The van der Waals surface area contributed by atoms with Gasteiger partial charge in [0.1, 0.15) is 29.7 Å². The van der Waals surface area contributed by atoms with E-state index in [1.165, 1.54) is 21.1 Å². The number of aliphatic hydroxyl groups excluding tert-OH is 3. The van der Waals surface area contributed by atoms with Crippen LogP contribution in [0.2, 0.25) is 0 Å². The van der Waals surface area contributed by atoms with E-state index in [1.54, 1.807) is 48.5 Å². The van der Waals surface area contributed by atoms with Crippen molar-refractivity contribution in [3.05, 3.63) is 0 Å². The maximum Gasteiger partial charge on any atom is 0.311 e. The maximum atomic E-state index is 14.2. The molecular weight excluding hydrogens is 678 g/mol. The summed E-state index contributed by atoms with van der Waals surface area (Å²) in [6.07, 6.45) is -8.73. The van der Waals surface area contributed by atoms with Gasteiger partial charge in [0.25, 0.3) is 0 Å². The SMILES string of the molecule is CC[C@H]1OC(=O)[C@H](C)[C@@H](OC2C[C@@](C)(OC)[C@@H](O)[C@H](C)O2)[C@H](C)[C@@H](O[C@@H]2O[C@H](C)C[C@H](N(C)C)[C@H]2O)C(C)(OC)C[C@@H](C)C(=O)[C@H](C)[C@@H](O)[C@]1(C)O. The van der Waals surface area contributed by atoms with Crippen LogP contribution in [0, 0.1) is 23.7 Å². The molecule has 0 bridgehead atoms. The lowest BCUT2D eigenvalue weighted by Crippen LogP contribution is -2.61. The van der Waals surface area contributed by atoms with E-state index < -0.39 is 102 Å². The fourth-order valence-electron chi connectivity index (χ4n) is 8.58. The Hall–Kier alpha value is -1.30. The number of Topliss-reactive ketones (excluding diaryl/α,β-unsaturated/α-hetero) is 1. The standard InChI is InChI=1S/C38H69NO13/c1-15-26-38(10,45)31(42)21(4)28(40)19(2)17-37(9,47-14)33(52-35-29(41)25(39(11)12)16-20(3)48-35)22(5)30(23(6)34(44)50-26)51-27-18-36(8,46-13)32(43)24(7)49-27/h19-27,29-33,35,41-43,45H,15-18H2,1-14H3/t19-,20-,21+,22+,23-,24+,25+,26-,27?,29-,30+,31-,32+,33-,35+,36-,37?,38-/m1/s1. The molecule has 0 aliphatic carbocycles. The first kappa shape index (κ1) is 45.1. The van der Waals surface area contributed by atoms with Gasteiger partial charge in [0.15, 0.2) is 12.6 Å². The molecule has 18 atom stereocenters. The van der Waals surface area contributed by atoms with Crippen molar-refractivity contribution in [3.63, 3.8) is 0 Å². The molecule has 3 aliphatic rings. The molecule has 0 spiro atoms. The Balaban J connectivity index is 2.22. The van der Waals surface area contributed by atoms with Crippen molar-refractivity contribution in [2.24, 2.45) is 23.7 Å². The number of carbonyl (C=O) groups is 2. The van der Waals surface area contributed by atoms with Crippen LogP contribution in [0.25, 0.3) is 0 Å². The monoisotopic (exact) mass is 747 g/mol. The molecule has 3 aliphatic heterocycles. The Kier molecular flexibility index (Phi) is 15.3. The third kappa shape index (κ3) is 9.38. The van der Waals surface area contributed by atoms with E-state index in [9.17, 15) is 30.0 Å². The van der Waals surface area contributed by atoms with Crippen molar-refractivity contribution in [2.45, 2.75) is 179 Å². The van der Waals surface area contributed by atoms with E-state index >= 15 is 0 Å². The smallest absolute Gasteiger partial charge is 0.311 e. The summed E-state index contributed by atoms with van der Waals surface area (Å²) in [5.74, 6) is -4.47. The number of methoxy groups -OCH3 is 2. The second kappa shape index (κ2) is 17.7. The molecule has 2 unspecified atom stereocenters. The minimum Gasteiger partial charge on any atom is -0.459 e. The fraction of sp³-hybridized carbons (Fsp3) is 0.947. The zero-order valence-electron chi connectivity index (χ0n) is 33.9. The van der Waals surface area contributed by atoms with Crippen molar-refractivity contribution in [1.82, 2.24) is 4.90 Å². The second-order valence-corrected chi connectivity index (χ2v) is 16.6. The van der Waals surface area contributed by atoms with Gasteiger partial charge in [-0.1, -0.05) is 27.7 Å². The van der Waals surface area contributed by atoms with Crippen LogP contribution in [-0.4, -0.2) is 150 Å². The molecule has 0 aromatic carbocycles. The maximum absolute atomic E-state index is 14.2. The van der Waals surface area contributed by atoms with E-state index in [1.807, 2.05) is 32.8 Å². The predicted molar refractivity (Wildman–Crippen MR) is 191 cm³/mol. The number of hydrogen-bond acceptors (Lipinski definition) is 14. The van der Waals surface area contributed by atoms with E-state index in [2.05, 4.69) is 0 Å². The summed E-state index contributed by atoms with van der Waals surface area (Å²) in [6, 6.07) is -0.283. The summed E-state index contributed by atoms with van der Waals surface area (Å²) >= 11 is 0. The van der Waals surface area contributed by atoms with Gasteiger partial charge < -0.3 is 58.5 Å². The van der Waals surface area contributed by atoms with E-state index in [0.717, 1.165) is 0 Å². The van der Waals surface area contributed by atoms with Crippen molar-refractivity contribution in [2.75, 3.05) is 28.3 Å². The normalized spacial score (nSPS) is 49.0. The molecule has 3 heterocycles. The third-order valence-electron chi connectivity index (χ3n) is 12.3. The van der Waals surface area contributed by atoms with Crippen molar-refractivity contribution >= 4 is 11.8 Å². The first-order chi connectivity index (χ1) is 24.0. The number of rotatable bonds is 8. The summed E-state index contributed by atoms with van der Waals surface area (Å²) in [5, 5.41) is 45.6. The molecule has 304 valence electrons. The number of hydrogen-bond donors (Lipinski definition) is 4. The predicted octanol–water partition coefficient (Wildman–Crippen LogP) is 2.44. The van der Waals surface area contributed by atoms with E-state index in [0.29, 0.717) is 6.42 Å². The van der Waals surface area contributed by atoms with Crippen LogP contribution < -0.4 is 0 Å². The van der Waals surface area contributed by atoms with E-state index in [-0.39, 0.29) is 37.2 Å². The highest BCUT2D eigenvalue weighted by molar-refractivity contribution is 5.83. The minimum absolute atomic E-state index is 0.111.